The minimum absolute atomic E-state index is 0. The molecule has 0 radical (unpaired) electrons. The number of benzene rings is 8. The molecule has 0 amide bonds. The Hall–Kier alpha value is -7.67. The number of hydrogen-bond donors (Lipinski definition) is 0. The zero-order valence-electron chi connectivity index (χ0n) is 35.4. The Bertz CT molecular complexity index is 3660. The normalized spacial score (nSPS) is 12.6. The van der Waals surface area contributed by atoms with E-state index in [0.29, 0.717) is 11.5 Å². The molecule has 0 unspecified atom stereocenters. The summed E-state index contributed by atoms with van der Waals surface area (Å²) in [5.41, 5.74) is 16.3. The Labute approximate surface area is 391 Å². The van der Waals surface area contributed by atoms with E-state index < -0.39 is 0 Å². The van der Waals surface area contributed by atoms with E-state index >= 15 is 0 Å². The van der Waals surface area contributed by atoms with Gasteiger partial charge < -0.3 is 23.5 Å². The quantitative estimate of drug-likeness (QED) is 0.0946. The van der Waals surface area contributed by atoms with Crippen LogP contribution in [0.2, 0.25) is 0 Å². The molecular formula is C56H37BN6OPt-2. The first-order valence-corrected chi connectivity index (χ1v) is 21.6. The molecule has 2 aliphatic rings. The largest absolute Gasteiger partial charge is 0.510 e. The number of imidazole rings is 1. The third-order valence-electron chi connectivity index (χ3n) is 12.8. The van der Waals surface area contributed by atoms with E-state index in [1.807, 2.05) is 30.5 Å². The second-order valence-electron chi connectivity index (χ2n) is 16.5. The average Bonchev–Trinajstić information content (AvgIpc) is 4.01. The Kier molecular flexibility index (Phi) is 9.14. The maximum Gasteiger partial charge on any atom is 0.419 e. The fourth-order valence-electron chi connectivity index (χ4n) is 10.1. The van der Waals surface area contributed by atoms with E-state index in [2.05, 4.69) is 213 Å². The number of pyridine rings is 1. The van der Waals surface area contributed by atoms with Crippen LogP contribution in [0.5, 0.6) is 11.5 Å². The number of nitrogens with zero attached hydrogens (tertiary/aromatic N) is 6. The topological polar surface area (TPSA) is 42.3 Å². The molecule has 65 heavy (non-hydrogen) atoms. The van der Waals surface area contributed by atoms with E-state index in [1.165, 1.54) is 38.6 Å². The molecule has 0 saturated carbocycles. The Morgan fingerprint density at radius 1 is 0.585 bits per heavy atom. The van der Waals surface area contributed by atoms with Crippen molar-refractivity contribution in [1.82, 2.24) is 14.1 Å². The van der Waals surface area contributed by atoms with Gasteiger partial charge in [0, 0.05) is 60.9 Å². The predicted molar refractivity (Wildman–Crippen MR) is 257 cm³/mol. The van der Waals surface area contributed by atoms with Crippen LogP contribution in [0.3, 0.4) is 0 Å². The average molecular weight is 1020 g/mol. The maximum absolute atomic E-state index is 6.73. The number of para-hydroxylation sites is 6. The first-order valence-electron chi connectivity index (χ1n) is 21.6. The third kappa shape index (κ3) is 5.94. The van der Waals surface area contributed by atoms with Crippen LogP contribution < -0.4 is 24.4 Å². The molecule has 0 aliphatic carbocycles. The van der Waals surface area contributed by atoms with E-state index in [4.69, 9.17) is 9.72 Å². The summed E-state index contributed by atoms with van der Waals surface area (Å²) >= 11 is 0. The predicted octanol–water partition coefficient (Wildman–Crippen LogP) is 11.9. The van der Waals surface area contributed by atoms with Crippen molar-refractivity contribution in [3.05, 3.63) is 218 Å². The van der Waals surface area contributed by atoms with Gasteiger partial charge in [0.15, 0.2) is 0 Å². The molecule has 13 rings (SSSR count). The summed E-state index contributed by atoms with van der Waals surface area (Å²) < 4.78 is 13.3. The van der Waals surface area contributed by atoms with Crippen LogP contribution in [-0.4, -0.2) is 21.1 Å². The van der Waals surface area contributed by atoms with Crippen LogP contribution in [-0.2, 0) is 21.1 Å². The summed E-state index contributed by atoms with van der Waals surface area (Å²) in [4.78, 5) is 9.78. The Morgan fingerprint density at radius 3 is 2.18 bits per heavy atom. The zero-order chi connectivity index (χ0) is 42.5. The Balaban J connectivity index is 0.00000444. The van der Waals surface area contributed by atoms with Crippen molar-refractivity contribution in [1.29, 1.82) is 0 Å². The van der Waals surface area contributed by atoms with Crippen molar-refractivity contribution in [2.45, 2.75) is 13.8 Å². The number of aromatic nitrogens is 4. The van der Waals surface area contributed by atoms with Gasteiger partial charge in [-0.05, 0) is 72.5 Å². The van der Waals surface area contributed by atoms with Gasteiger partial charge in [-0.2, -0.15) is 18.2 Å². The van der Waals surface area contributed by atoms with Crippen molar-refractivity contribution in [2.75, 3.05) is 9.62 Å². The van der Waals surface area contributed by atoms with Gasteiger partial charge in [0.25, 0.3) is 6.33 Å². The number of ether oxygens (including phenoxy) is 1. The van der Waals surface area contributed by atoms with Crippen molar-refractivity contribution >= 4 is 68.2 Å². The molecular weight excluding hydrogens is 979 g/mol. The minimum Gasteiger partial charge on any atom is -0.510 e. The van der Waals surface area contributed by atoms with Gasteiger partial charge in [-0.15, -0.1) is 29.8 Å². The SMILES string of the molecule is Cc1cccc(C)c1N1B2c3ccccc3-c3ccc(Oc4[c-]c(-n5[c-][n+](-c6cccc7c8ccccc8n(-c8ccccc8)c67)c6ccccc65)ccc4)[c-]c3N2c2ncccc21.[Pt]. The first kappa shape index (κ1) is 39.0. The van der Waals surface area contributed by atoms with Crippen molar-refractivity contribution < 1.29 is 30.4 Å². The van der Waals surface area contributed by atoms with Gasteiger partial charge in [0.05, 0.1) is 33.4 Å². The number of aryl methyl sites for hydroxylation is 2. The van der Waals surface area contributed by atoms with Crippen LogP contribution in [0.15, 0.2) is 188 Å². The van der Waals surface area contributed by atoms with Gasteiger partial charge in [-0.1, -0.05) is 127 Å². The molecule has 0 saturated heterocycles. The second-order valence-corrected chi connectivity index (χ2v) is 16.5. The van der Waals surface area contributed by atoms with Crippen LogP contribution in [0.25, 0.3) is 61.0 Å². The fraction of sp³-hybridized carbons (Fsp3) is 0.0357. The zero-order valence-corrected chi connectivity index (χ0v) is 37.7. The van der Waals surface area contributed by atoms with Crippen LogP contribution >= 0.6 is 0 Å². The molecule has 7 nitrogen and oxygen atoms in total. The number of anilines is 4. The summed E-state index contributed by atoms with van der Waals surface area (Å²) in [7, 11) is 0. The summed E-state index contributed by atoms with van der Waals surface area (Å²) in [5.74, 6) is 2.05. The smallest absolute Gasteiger partial charge is 0.419 e. The van der Waals surface area contributed by atoms with Gasteiger partial charge in [0.1, 0.15) is 5.82 Å². The van der Waals surface area contributed by atoms with Gasteiger partial charge >= 0.3 is 6.98 Å². The number of fused-ring (bicyclic) bond motifs is 12. The van der Waals surface area contributed by atoms with Crippen LogP contribution in [0, 0.1) is 32.3 Å². The van der Waals surface area contributed by atoms with Gasteiger partial charge in [0.2, 0.25) is 0 Å². The van der Waals surface area contributed by atoms with Gasteiger partial charge in [-0.3, -0.25) is 4.57 Å². The molecule has 0 fully saturated rings. The molecule has 0 N–H and O–H groups in total. The standard InChI is InChI=1S/C56H37BN6O.Pt/c1-37-16-12-17-38(2)54(37)62-52-30-15-33-58-56(52)63-53-35-42(31-32-45(53)43-22-6-8-25-47(43)57(62)63)64-41-21-13-20-40(34-41)59-36-60(50-28-11-10-27-49(50)59)51-29-14-24-46-44-23-7-9-26-48(44)61(55(46)51)39-18-4-3-5-19-39;/h3-33H,1-2H3;/q-2;. The minimum atomic E-state index is -0.168. The van der Waals surface area contributed by atoms with E-state index in [9.17, 15) is 0 Å². The maximum atomic E-state index is 6.73. The molecule has 5 heterocycles. The summed E-state index contributed by atoms with van der Waals surface area (Å²) in [6, 6.07) is 71.0. The monoisotopic (exact) mass is 1020 g/mol. The fourth-order valence-corrected chi connectivity index (χ4v) is 10.1. The summed E-state index contributed by atoms with van der Waals surface area (Å²) in [6.45, 7) is 4.21. The van der Waals surface area contributed by atoms with Crippen molar-refractivity contribution in [3.63, 3.8) is 0 Å². The molecule has 0 bridgehead atoms. The molecule has 11 aromatic rings. The Morgan fingerprint density at radius 2 is 1.31 bits per heavy atom. The second kappa shape index (κ2) is 15.3. The van der Waals surface area contributed by atoms with Crippen molar-refractivity contribution in [3.8, 4) is 39.7 Å². The van der Waals surface area contributed by atoms with E-state index in [1.54, 1.807) is 0 Å². The van der Waals surface area contributed by atoms with Gasteiger partial charge in [-0.25, -0.2) is 4.98 Å². The molecule has 2 aliphatic heterocycles. The first-order chi connectivity index (χ1) is 31.6. The molecule has 312 valence electrons. The summed E-state index contributed by atoms with van der Waals surface area (Å²) in [6.07, 6.45) is 5.62. The van der Waals surface area contributed by atoms with E-state index in [-0.39, 0.29) is 28.0 Å². The molecule has 9 heteroatoms. The molecule has 3 aromatic heterocycles. The summed E-state index contributed by atoms with van der Waals surface area (Å²) in [5, 5.41) is 2.38. The molecule has 0 spiro atoms. The molecule has 8 aromatic carbocycles. The van der Waals surface area contributed by atoms with Crippen LogP contribution in [0.1, 0.15) is 11.1 Å². The number of hydrogen-bond acceptors (Lipinski definition) is 4. The van der Waals surface area contributed by atoms with E-state index in [0.717, 1.165) is 61.9 Å². The third-order valence-corrected chi connectivity index (χ3v) is 12.8. The van der Waals surface area contributed by atoms with Crippen molar-refractivity contribution in [2.24, 2.45) is 0 Å². The molecule has 0 atom stereocenters. The number of rotatable bonds is 6. The van der Waals surface area contributed by atoms with Crippen LogP contribution in [0.4, 0.5) is 22.9 Å².